The normalized spacial score (nSPS) is 15.2. The molecule has 210 valence electrons. The van der Waals surface area contributed by atoms with Gasteiger partial charge < -0.3 is 21.2 Å². The van der Waals surface area contributed by atoms with Gasteiger partial charge in [0.05, 0.1) is 31.0 Å². The Labute approximate surface area is 237 Å². The number of hydrogen-bond donors (Lipinski definition) is 3. The second kappa shape index (κ2) is 11.4. The third-order valence-electron chi connectivity index (χ3n) is 7.86. The highest BCUT2D eigenvalue weighted by Crippen LogP contribution is 2.38. The van der Waals surface area contributed by atoms with Crippen LogP contribution in [-0.2, 0) is 17.8 Å². The van der Waals surface area contributed by atoms with Crippen LogP contribution in [0.2, 0.25) is 0 Å². The zero-order chi connectivity index (χ0) is 28.3. The van der Waals surface area contributed by atoms with Crippen molar-refractivity contribution >= 4 is 22.8 Å². The van der Waals surface area contributed by atoms with Crippen molar-refractivity contribution < 1.29 is 9.53 Å². The number of piperidine rings is 1. The van der Waals surface area contributed by atoms with E-state index in [1.54, 1.807) is 13.3 Å². The van der Waals surface area contributed by atoms with Crippen LogP contribution < -0.4 is 16.2 Å². The van der Waals surface area contributed by atoms with Gasteiger partial charge >= 0.3 is 0 Å². The van der Waals surface area contributed by atoms with Gasteiger partial charge in [0.1, 0.15) is 29.4 Å². The first-order chi connectivity index (χ1) is 20.0. The number of rotatable bonds is 9. The number of aromatic nitrogens is 6. The summed E-state index contributed by atoms with van der Waals surface area (Å²) in [5, 5.41) is 5.75. The Hall–Kier alpha value is -4.77. The summed E-state index contributed by atoms with van der Waals surface area (Å²) in [6, 6.07) is 15.7. The van der Waals surface area contributed by atoms with Crippen LogP contribution in [0, 0.1) is 0 Å². The number of imidazole rings is 1. The van der Waals surface area contributed by atoms with Crippen molar-refractivity contribution in [3.8, 4) is 17.0 Å². The fraction of sp³-hybridized carbons (Fsp3) is 0.300. The number of nitrogens with one attached hydrogen (secondary N) is 1. The van der Waals surface area contributed by atoms with Gasteiger partial charge in [-0.05, 0) is 30.9 Å². The Morgan fingerprint density at radius 2 is 1.93 bits per heavy atom. The number of H-pyrrole nitrogens is 1. The summed E-state index contributed by atoms with van der Waals surface area (Å²) in [6.07, 6.45) is 7.43. The van der Waals surface area contributed by atoms with Gasteiger partial charge in [0.25, 0.3) is 0 Å². The number of amides is 1. The lowest BCUT2D eigenvalue weighted by Gasteiger charge is -2.31. The van der Waals surface area contributed by atoms with Crippen LogP contribution >= 0.6 is 0 Å². The van der Waals surface area contributed by atoms with E-state index in [2.05, 4.69) is 24.8 Å². The fourth-order valence-corrected chi connectivity index (χ4v) is 5.73. The number of hydrogen-bond acceptors (Lipinski definition) is 8. The average Bonchev–Trinajstić information content (AvgIpc) is 3.65. The maximum absolute atomic E-state index is 12.5. The number of ether oxygens (including phenoxy) is 1. The quantitative estimate of drug-likeness (QED) is 0.252. The molecule has 0 bridgehead atoms. The smallest absolute Gasteiger partial charge is 0.225 e. The lowest BCUT2D eigenvalue weighted by molar-refractivity contribution is -0.119. The van der Waals surface area contributed by atoms with Gasteiger partial charge in [0.15, 0.2) is 5.65 Å². The number of benzene rings is 2. The summed E-state index contributed by atoms with van der Waals surface area (Å²) in [5.74, 6) is 0.942. The number of aromatic amines is 1. The number of fused-ring (bicyclic) bond motifs is 1. The summed E-state index contributed by atoms with van der Waals surface area (Å²) in [5.41, 5.74) is 16.2. The molecule has 0 radical (unpaired) electrons. The zero-order valence-corrected chi connectivity index (χ0v) is 22.9. The van der Waals surface area contributed by atoms with Gasteiger partial charge in [-0.3, -0.25) is 9.69 Å². The van der Waals surface area contributed by atoms with Crippen molar-refractivity contribution in [3.63, 3.8) is 0 Å². The first-order valence-electron chi connectivity index (χ1n) is 13.7. The van der Waals surface area contributed by atoms with E-state index in [4.69, 9.17) is 21.3 Å². The molecule has 1 atom stereocenters. The molecule has 1 aliphatic rings. The summed E-state index contributed by atoms with van der Waals surface area (Å²) in [7, 11) is 1.59. The summed E-state index contributed by atoms with van der Waals surface area (Å²) >= 11 is 0. The van der Waals surface area contributed by atoms with Gasteiger partial charge in [-0.2, -0.15) is 5.10 Å². The van der Waals surface area contributed by atoms with Crippen LogP contribution in [0.3, 0.4) is 0 Å². The van der Waals surface area contributed by atoms with E-state index in [1.165, 1.54) is 6.33 Å². The van der Waals surface area contributed by atoms with E-state index in [0.29, 0.717) is 34.7 Å². The number of carbonyl (C=O) groups is 1. The lowest BCUT2D eigenvalue weighted by Crippen LogP contribution is -2.34. The minimum Gasteiger partial charge on any atom is -0.496 e. The molecule has 5 aromatic rings. The molecule has 2 aromatic carbocycles. The predicted molar refractivity (Wildman–Crippen MR) is 156 cm³/mol. The van der Waals surface area contributed by atoms with Crippen LogP contribution in [-0.4, -0.2) is 60.7 Å². The maximum atomic E-state index is 12.5. The number of nitrogens with zero attached hydrogens (tertiary/aromatic N) is 6. The van der Waals surface area contributed by atoms with Crippen molar-refractivity contribution in [1.82, 2.24) is 34.6 Å². The number of anilines is 1. The van der Waals surface area contributed by atoms with Crippen LogP contribution in [0.15, 0.2) is 67.3 Å². The highest BCUT2D eigenvalue weighted by Gasteiger charge is 2.28. The van der Waals surface area contributed by atoms with E-state index < -0.39 is 11.8 Å². The summed E-state index contributed by atoms with van der Waals surface area (Å²) < 4.78 is 7.77. The van der Waals surface area contributed by atoms with Gasteiger partial charge in [-0.1, -0.05) is 42.5 Å². The minimum atomic E-state index is -0.546. The van der Waals surface area contributed by atoms with Crippen LogP contribution in [0.5, 0.6) is 5.75 Å². The minimum absolute atomic E-state index is 0.166. The van der Waals surface area contributed by atoms with Gasteiger partial charge in [-0.15, -0.1) is 0 Å². The number of carbonyl (C=O) groups excluding carboxylic acids is 1. The third-order valence-corrected chi connectivity index (χ3v) is 7.86. The first kappa shape index (κ1) is 26.5. The van der Waals surface area contributed by atoms with E-state index >= 15 is 0 Å². The van der Waals surface area contributed by atoms with Crippen molar-refractivity contribution in [2.45, 2.75) is 37.8 Å². The molecular formula is C30H33N9O2. The standard InChI is InChI=1S/C30H33N9O2/c1-41-24-16-20(7-8-22(24)23(29(32)40)15-19-5-3-2-4-6-19)27-26-28(31)35-18-36-30(26)39(37-27)21-9-13-38(14-10-21)17-25-33-11-12-34-25/h2-8,11-12,16,18,21,23H,9-10,13-15,17H2,1H3,(H2,32,40)(H,33,34)(H2,31,35,36). The number of likely N-dealkylation sites (tertiary alicyclic amines) is 1. The fourth-order valence-electron chi connectivity index (χ4n) is 5.73. The molecule has 1 fully saturated rings. The number of nitrogen functional groups attached to an aromatic ring is 1. The van der Waals surface area contributed by atoms with Crippen molar-refractivity contribution in [3.05, 3.63) is 84.2 Å². The molecular weight excluding hydrogens is 518 g/mol. The molecule has 1 unspecified atom stereocenters. The van der Waals surface area contributed by atoms with Crippen molar-refractivity contribution in [1.29, 1.82) is 0 Å². The van der Waals surface area contributed by atoms with Crippen LogP contribution in [0.25, 0.3) is 22.3 Å². The molecule has 41 heavy (non-hydrogen) atoms. The lowest BCUT2D eigenvalue weighted by atomic mass is 9.89. The second-order valence-electron chi connectivity index (χ2n) is 10.4. The molecule has 0 spiro atoms. The van der Waals surface area contributed by atoms with E-state index in [0.717, 1.165) is 55.0 Å². The van der Waals surface area contributed by atoms with E-state index in [-0.39, 0.29) is 6.04 Å². The van der Waals surface area contributed by atoms with Crippen molar-refractivity contribution in [2.75, 3.05) is 25.9 Å². The number of methoxy groups -OCH3 is 1. The molecule has 1 amide bonds. The Bertz CT molecular complexity index is 1640. The third kappa shape index (κ3) is 5.36. The number of nitrogens with two attached hydrogens (primary N) is 2. The molecule has 11 nitrogen and oxygen atoms in total. The van der Waals surface area contributed by atoms with Gasteiger partial charge in [0, 0.05) is 36.6 Å². The highest BCUT2D eigenvalue weighted by atomic mass is 16.5. The Kier molecular flexibility index (Phi) is 7.34. The highest BCUT2D eigenvalue weighted by molar-refractivity contribution is 5.98. The van der Waals surface area contributed by atoms with Gasteiger partial charge in [0.2, 0.25) is 5.91 Å². The van der Waals surface area contributed by atoms with Gasteiger partial charge in [-0.25, -0.2) is 19.6 Å². The predicted octanol–water partition coefficient (Wildman–Crippen LogP) is 3.46. The van der Waals surface area contributed by atoms with Crippen molar-refractivity contribution in [2.24, 2.45) is 5.73 Å². The molecule has 11 heteroatoms. The molecule has 1 saturated heterocycles. The molecule has 5 N–H and O–H groups in total. The Balaban J connectivity index is 1.32. The number of primary amides is 1. The topological polar surface area (TPSA) is 154 Å². The van der Waals surface area contributed by atoms with Crippen LogP contribution in [0.4, 0.5) is 5.82 Å². The molecule has 3 aromatic heterocycles. The maximum Gasteiger partial charge on any atom is 0.225 e. The first-order valence-corrected chi connectivity index (χ1v) is 13.7. The SMILES string of the molecule is COc1cc(-c2nn(C3CCN(Cc4ncc[nH]4)CC3)c3ncnc(N)c23)ccc1C(Cc1ccccc1)C(N)=O. The molecule has 4 heterocycles. The average molecular weight is 552 g/mol. The second-order valence-corrected chi connectivity index (χ2v) is 10.4. The summed E-state index contributed by atoms with van der Waals surface area (Å²) in [4.78, 5) is 31.3. The Morgan fingerprint density at radius 3 is 2.63 bits per heavy atom. The molecule has 6 rings (SSSR count). The summed E-state index contributed by atoms with van der Waals surface area (Å²) in [6.45, 7) is 2.63. The monoisotopic (exact) mass is 551 g/mol. The largest absolute Gasteiger partial charge is 0.496 e. The molecule has 0 aliphatic carbocycles. The van der Waals surface area contributed by atoms with E-state index in [9.17, 15) is 4.79 Å². The van der Waals surface area contributed by atoms with Crippen LogP contribution in [0.1, 0.15) is 41.8 Å². The van der Waals surface area contributed by atoms with E-state index in [1.807, 2.05) is 59.4 Å². The zero-order valence-electron chi connectivity index (χ0n) is 22.9. The molecule has 0 saturated carbocycles. The Morgan fingerprint density at radius 1 is 1.12 bits per heavy atom. The molecule has 1 aliphatic heterocycles.